The lowest BCUT2D eigenvalue weighted by Gasteiger charge is -2.08. The maximum Gasteiger partial charge on any atom is 0.255 e. The van der Waals surface area contributed by atoms with Crippen molar-refractivity contribution in [1.82, 2.24) is 9.55 Å². The monoisotopic (exact) mass is 355 g/mol. The summed E-state index contributed by atoms with van der Waals surface area (Å²) >= 11 is 0. The van der Waals surface area contributed by atoms with E-state index in [4.69, 9.17) is 0 Å². The van der Waals surface area contributed by atoms with Crippen LogP contribution in [-0.2, 0) is 15.6 Å². The Morgan fingerprint density at radius 3 is 2.32 bits per heavy atom. The van der Waals surface area contributed by atoms with Gasteiger partial charge < -0.3 is 9.88 Å². The zero-order valence-corrected chi connectivity index (χ0v) is 14.4. The van der Waals surface area contributed by atoms with Crippen LogP contribution >= 0.6 is 0 Å². The van der Waals surface area contributed by atoms with Crippen molar-refractivity contribution in [1.29, 1.82) is 0 Å². The van der Waals surface area contributed by atoms with E-state index in [1.807, 2.05) is 35.0 Å². The molecule has 128 valence electrons. The first-order chi connectivity index (χ1) is 11.9. The molecule has 0 radical (unpaired) electrons. The Morgan fingerprint density at radius 2 is 1.76 bits per heavy atom. The summed E-state index contributed by atoms with van der Waals surface area (Å²) in [4.78, 5) is 16.3. The summed E-state index contributed by atoms with van der Waals surface area (Å²) in [6, 6.07) is 13.9. The standard InChI is InChI=1S/C18H17N3O3S/c1-25(23,24)12-14-2-4-15(5-3-14)18(22)20-16-6-8-17(9-7-16)21-11-10-19-13-21/h2-11,13H,12H2,1H3,(H,20,22). The van der Waals surface area contributed by atoms with Gasteiger partial charge in [-0.1, -0.05) is 12.1 Å². The van der Waals surface area contributed by atoms with Crippen LogP contribution in [0.4, 0.5) is 5.69 Å². The van der Waals surface area contributed by atoms with Crippen molar-refractivity contribution in [3.8, 4) is 5.69 Å². The molecule has 0 saturated heterocycles. The van der Waals surface area contributed by atoms with Crippen molar-refractivity contribution in [2.75, 3.05) is 11.6 Å². The van der Waals surface area contributed by atoms with Crippen molar-refractivity contribution in [2.24, 2.45) is 0 Å². The average molecular weight is 355 g/mol. The fourth-order valence-corrected chi connectivity index (χ4v) is 3.19. The number of hydrogen-bond acceptors (Lipinski definition) is 4. The smallest absolute Gasteiger partial charge is 0.255 e. The number of rotatable bonds is 5. The van der Waals surface area contributed by atoms with Gasteiger partial charge in [0.15, 0.2) is 9.84 Å². The number of hydrogen-bond donors (Lipinski definition) is 1. The number of aromatic nitrogens is 2. The van der Waals surface area contributed by atoms with E-state index in [-0.39, 0.29) is 11.7 Å². The predicted molar refractivity (Wildman–Crippen MR) is 96.5 cm³/mol. The third-order valence-electron chi connectivity index (χ3n) is 3.57. The Morgan fingerprint density at radius 1 is 1.08 bits per heavy atom. The highest BCUT2D eigenvalue weighted by Crippen LogP contribution is 2.15. The lowest BCUT2D eigenvalue weighted by molar-refractivity contribution is 0.102. The van der Waals surface area contributed by atoms with Gasteiger partial charge in [-0.25, -0.2) is 13.4 Å². The molecule has 1 aromatic heterocycles. The van der Waals surface area contributed by atoms with Gasteiger partial charge in [-0.05, 0) is 42.0 Å². The van der Waals surface area contributed by atoms with Crippen LogP contribution in [-0.4, -0.2) is 30.1 Å². The number of nitrogens with zero attached hydrogens (tertiary/aromatic N) is 2. The maximum atomic E-state index is 12.3. The fourth-order valence-electron chi connectivity index (χ4n) is 2.39. The van der Waals surface area contributed by atoms with Crippen LogP contribution in [0.3, 0.4) is 0 Å². The van der Waals surface area contributed by atoms with Crippen LogP contribution in [0, 0.1) is 0 Å². The van der Waals surface area contributed by atoms with Crippen LogP contribution in [0.15, 0.2) is 67.3 Å². The predicted octanol–water partition coefficient (Wildman–Crippen LogP) is 2.67. The second-order valence-electron chi connectivity index (χ2n) is 5.74. The molecule has 0 fully saturated rings. The SMILES string of the molecule is CS(=O)(=O)Cc1ccc(C(=O)Nc2ccc(-n3ccnc3)cc2)cc1. The summed E-state index contributed by atoms with van der Waals surface area (Å²) in [6.45, 7) is 0. The van der Waals surface area contributed by atoms with Crippen molar-refractivity contribution >= 4 is 21.4 Å². The molecule has 7 heteroatoms. The molecular weight excluding hydrogens is 338 g/mol. The third-order valence-corrected chi connectivity index (χ3v) is 4.43. The van der Waals surface area contributed by atoms with Crippen LogP contribution < -0.4 is 5.32 Å². The Bertz CT molecular complexity index is 961. The first-order valence-corrected chi connectivity index (χ1v) is 9.63. The van der Waals surface area contributed by atoms with Crippen LogP contribution in [0.5, 0.6) is 0 Å². The summed E-state index contributed by atoms with van der Waals surface area (Å²) in [5.41, 5.74) is 2.74. The molecule has 3 aromatic rings. The van der Waals surface area contributed by atoms with Gasteiger partial charge in [0, 0.05) is 35.6 Å². The largest absolute Gasteiger partial charge is 0.322 e. The zero-order valence-electron chi connectivity index (χ0n) is 13.6. The van der Waals surface area contributed by atoms with E-state index in [1.165, 1.54) is 6.26 Å². The molecule has 2 aromatic carbocycles. The van der Waals surface area contributed by atoms with Gasteiger partial charge in [-0.3, -0.25) is 4.79 Å². The van der Waals surface area contributed by atoms with Crippen molar-refractivity contribution in [3.05, 3.63) is 78.4 Å². The van der Waals surface area contributed by atoms with Crippen molar-refractivity contribution in [3.63, 3.8) is 0 Å². The first kappa shape index (κ1) is 16.9. The van der Waals surface area contributed by atoms with E-state index in [0.717, 1.165) is 5.69 Å². The maximum absolute atomic E-state index is 12.3. The molecule has 3 rings (SSSR count). The van der Waals surface area contributed by atoms with Crippen LogP contribution in [0.1, 0.15) is 15.9 Å². The highest BCUT2D eigenvalue weighted by molar-refractivity contribution is 7.89. The number of benzene rings is 2. The van der Waals surface area contributed by atoms with Crippen LogP contribution in [0.25, 0.3) is 5.69 Å². The van der Waals surface area contributed by atoms with Crippen molar-refractivity contribution < 1.29 is 13.2 Å². The summed E-state index contributed by atoms with van der Waals surface area (Å²) in [7, 11) is -3.09. The Balaban J connectivity index is 1.67. The number of anilines is 1. The molecule has 0 saturated carbocycles. The molecular formula is C18H17N3O3S. The molecule has 0 aliphatic carbocycles. The Labute approximate surface area is 146 Å². The Hall–Kier alpha value is -2.93. The fraction of sp³-hybridized carbons (Fsp3) is 0.111. The van der Waals surface area contributed by atoms with E-state index in [1.54, 1.807) is 36.8 Å². The van der Waals surface area contributed by atoms with Gasteiger partial charge in [-0.2, -0.15) is 0 Å². The minimum atomic E-state index is -3.09. The minimum absolute atomic E-state index is 0.0371. The minimum Gasteiger partial charge on any atom is -0.322 e. The van der Waals surface area contributed by atoms with E-state index < -0.39 is 9.84 Å². The van der Waals surface area contributed by atoms with Gasteiger partial charge in [0.1, 0.15) is 0 Å². The van der Waals surface area contributed by atoms with Gasteiger partial charge in [-0.15, -0.1) is 0 Å². The molecule has 1 amide bonds. The molecule has 0 bridgehead atoms. The molecule has 0 aliphatic heterocycles. The van der Waals surface area contributed by atoms with E-state index >= 15 is 0 Å². The number of amides is 1. The molecule has 6 nitrogen and oxygen atoms in total. The normalized spacial score (nSPS) is 11.2. The molecule has 1 N–H and O–H groups in total. The van der Waals surface area contributed by atoms with Gasteiger partial charge >= 0.3 is 0 Å². The first-order valence-electron chi connectivity index (χ1n) is 7.57. The third kappa shape index (κ3) is 4.54. The van der Waals surface area contributed by atoms with Gasteiger partial charge in [0.25, 0.3) is 5.91 Å². The zero-order chi connectivity index (χ0) is 17.9. The van der Waals surface area contributed by atoms with Crippen LogP contribution in [0.2, 0.25) is 0 Å². The van der Waals surface area contributed by atoms with Crippen molar-refractivity contribution in [2.45, 2.75) is 5.75 Å². The molecule has 0 aliphatic rings. The second-order valence-corrected chi connectivity index (χ2v) is 7.88. The van der Waals surface area contributed by atoms with Gasteiger partial charge in [0.2, 0.25) is 0 Å². The summed E-state index contributed by atoms with van der Waals surface area (Å²) < 4.78 is 24.4. The number of imidazole rings is 1. The lowest BCUT2D eigenvalue weighted by atomic mass is 10.1. The number of carbonyl (C=O) groups excluding carboxylic acids is 1. The molecule has 0 unspecified atom stereocenters. The highest BCUT2D eigenvalue weighted by Gasteiger charge is 2.08. The number of carbonyl (C=O) groups is 1. The molecule has 1 heterocycles. The number of nitrogens with one attached hydrogen (secondary N) is 1. The molecule has 0 spiro atoms. The summed E-state index contributed by atoms with van der Waals surface area (Å²) in [5, 5.41) is 2.82. The summed E-state index contributed by atoms with van der Waals surface area (Å²) in [6.07, 6.45) is 6.42. The lowest BCUT2D eigenvalue weighted by Crippen LogP contribution is -2.12. The van der Waals surface area contributed by atoms with E-state index in [0.29, 0.717) is 16.8 Å². The number of sulfone groups is 1. The van der Waals surface area contributed by atoms with E-state index in [9.17, 15) is 13.2 Å². The summed E-state index contributed by atoms with van der Waals surface area (Å²) in [5.74, 6) is -0.286. The molecule has 25 heavy (non-hydrogen) atoms. The topological polar surface area (TPSA) is 81.1 Å². The molecule has 0 atom stereocenters. The Kier molecular flexibility index (Phi) is 4.67. The second kappa shape index (κ2) is 6.90. The average Bonchev–Trinajstić information content (AvgIpc) is 3.09. The highest BCUT2D eigenvalue weighted by atomic mass is 32.2. The van der Waals surface area contributed by atoms with E-state index in [2.05, 4.69) is 10.3 Å². The van der Waals surface area contributed by atoms with Gasteiger partial charge in [0.05, 0.1) is 12.1 Å². The quantitative estimate of drug-likeness (QED) is 0.763.